The van der Waals surface area contributed by atoms with Gasteiger partial charge in [-0.2, -0.15) is 0 Å². The van der Waals surface area contributed by atoms with Crippen LogP contribution in [-0.2, 0) is 10.0 Å². The van der Waals surface area contributed by atoms with Crippen LogP contribution in [0.15, 0.2) is 30.3 Å². The Morgan fingerprint density at radius 1 is 1.07 bits per heavy atom. The number of benzene rings is 2. The molecule has 0 atom stereocenters. The quantitative estimate of drug-likeness (QED) is 0.289. The predicted molar refractivity (Wildman–Crippen MR) is 116 cm³/mol. The first kappa shape index (κ1) is 22.6. The predicted octanol–water partition coefficient (Wildman–Crippen LogP) is 2.72. The van der Waals surface area contributed by atoms with E-state index in [1.807, 2.05) is 0 Å². The Kier molecular flexibility index (Phi) is 7.56. The van der Waals surface area contributed by atoms with Gasteiger partial charge in [0, 0.05) is 11.3 Å². The van der Waals surface area contributed by atoms with Gasteiger partial charge in [0.2, 0.25) is 10.0 Å². The lowest BCUT2D eigenvalue weighted by atomic mass is 10.1. The minimum Gasteiger partial charge on any atom is -0.495 e. The van der Waals surface area contributed by atoms with Crippen molar-refractivity contribution >= 4 is 62.5 Å². The van der Waals surface area contributed by atoms with Crippen LogP contribution >= 0.6 is 22.6 Å². The van der Waals surface area contributed by atoms with Crippen molar-refractivity contribution in [2.75, 3.05) is 28.0 Å². The highest BCUT2D eigenvalue weighted by atomic mass is 127. The summed E-state index contributed by atoms with van der Waals surface area (Å²) in [5, 5.41) is 2.57. The molecule has 9 nitrogen and oxygen atoms in total. The van der Waals surface area contributed by atoms with Crippen molar-refractivity contribution in [3.8, 4) is 11.5 Å². The number of nitrogens with one attached hydrogen (secondary N) is 2. The van der Waals surface area contributed by atoms with E-state index in [-0.39, 0.29) is 43.3 Å². The van der Waals surface area contributed by atoms with E-state index in [1.54, 1.807) is 22.6 Å². The van der Waals surface area contributed by atoms with Gasteiger partial charge in [-0.1, -0.05) is 22.6 Å². The Balaban J connectivity index is 2.38. The van der Waals surface area contributed by atoms with E-state index in [4.69, 9.17) is 9.47 Å². The van der Waals surface area contributed by atoms with Gasteiger partial charge in [-0.15, -0.1) is 0 Å². The second kappa shape index (κ2) is 9.69. The highest BCUT2D eigenvalue weighted by Gasteiger charge is 2.17. The number of halogens is 1. The van der Waals surface area contributed by atoms with E-state index in [2.05, 4.69) is 10.0 Å². The fourth-order valence-corrected chi connectivity index (χ4v) is 3.50. The second-order valence-corrected chi connectivity index (χ2v) is 9.14. The van der Waals surface area contributed by atoms with Crippen LogP contribution in [0.1, 0.15) is 31.1 Å². The molecule has 0 aromatic heterocycles. The number of rotatable bonds is 9. The van der Waals surface area contributed by atoms with E-state index in [0.29, 0.717) is 12.6 Å². The molecule has 0 unspecified atom stereocenters. The fourth-order valence-electron chi connectivity index (χ4n) is 2.48. The molecular formula is C18H17IN2O7S. The van der Waals surface area contributed by atoms with Gasteiger partial charge in [-0.25, -0.2) is 8.42 Å². The SMILES string of the molecule is COc1ccc(C(=O)Nc2cc(C=O)c(OC)c(C=O)c2)cc1NS(=O)(=O)CI. The van der Waals surface area contributed by atoms with Crippen LogP contribution in [0, 0.1) is 0 Å². The molecular weight excluding hydrogens is 515 g/mol. The van der Waals surface area contributed by atoms with Crippen LogP contribution in [0.25, 0.3) is 0 Å². The maximum Gasteiger partial charge on any atom is 0.255 e. The molecule has 29 heavy (non-hydrogen) atoms. The van der Waals surface area contributed by atoms with Gasteiger partial charge in [0.05, 0.1) is 31.0 Å². The zero-order chi connectivity index (χ0) is 21.6. The minimum absolute atomic E-state index is 0.0950. The maximum absolute atomic E-state index is 12.6. The number of carbonyl (C=O) groups is 3. The number of alkyl halides is 1. The Bertz CT molecular complexity index is 1030. The standard InChI is InChI=1S/C18H17IN2O7S/c1-27-16-4-3-11(7-15(16)21-29(25,26)10-19)18(24)20-14-5-12(8-22)17(28-2)13(6-14)9-23/h3-9,21H,10H2,1-2H3,(H,20,24). The highest BCUT2D eigenvalue weighted by molar-refractivity contribution is 14.1. The Hall–Kier alpha value is -2.67. The summed E-state index contributed by atoms with van der Waals surface area (Å²) in [6, 6.07) is 6.94. The molecule has 0 saturated carbocycles. The molecule has 2 N–H and O–H groups in total. The number of carbonyl (C=O) groups excluding carboxylic acids is 3. The van der Waals surface area contributed by atoms with Gasteiger partial charge >= 0.3 is 0 Å². The lowest BCUT2D eigenvalue weighted by Crippen LogP contribution is -2.16. The summed E-state index contributed by atoms with van der Waals surface area (Å²) in [7, 11) is -0.905. The summed E-state index contributed by atoms with van der Waals surface area (Å²) >= 11 is 1.70. The van der Waals surface area contributed by atoms with Gasteiger partial charge in [0.15, 0.2) is 12.6 Å². The average molecular weight is 532 g/mol. The molecule has 0 bridgehead atoms. The first-order chi connectivity index (χ1) is 13.8. The summed E-state index contributed by atoms with van der Waals surface area (Å²) in [6.07, 6.45) is 1.01. The summed E-state index contributed by atoms with van der Waals surface area (Å²) < 4.78 is 36.1. The number of hydrogen-bond acceptors (Lipinski definition) is 7. The lowest BCUT2D eigenvalue weighted by Gasteiger charge is -2.13. The second-order valence-electron chi connectivity index (χ2n) is 5.62. The molecule has 154 valence electrons. The van der Waals surface area contributed by atoms with E-state index < -0.39 is 15.9 Å². The molecule has 0 spiro atoms. The number of hydrogen-bond donors (Lipinski definition) is 2. The summed E-state index contributed by atoms with van der Waals surface area (Å²) in [6.45, 7) is 0. The summed E-state index contributed by atoms with van der Waals surface area (Å²) in [4.78, 5) is 35.1. The molecule has 11 heteroatoms. The van der Waals surface area contributed by atoms with Crippen LogP contribution in [0.4, 0.5) is 11.4 Å². The first-order valence-corrected chi connectivity index (χ1v) is 11.1. The number of anilines is 2. The van der Waals surface area contributed by atoms with Crippen molar-refractivity contribution in [2.45, 2.75) is 0 Å². The van der Waals surface area contributed by atoms with Gasteiger partial charge in [-0.05, 0) is 30.3 Å². The highest BCUT2D eigenvalue weighted by Crippen LogP contribution is 2.29. The van der Waals surface area contributed by atoms with Gasteiger partial charge in [-0.3, -0.25) is 19.1 Å². The average Bonchev–Trinajstić information content (AvgIpc) is 2.72. The van der Waals surface area contributed by atoms with Crippen molar-refractivity contribution in [3.05, 3.63) is 47.0 Å². The van der Waals surface area contributed by atoms with E-state index in [0.717, 1.165) is 0 Å². The van der Waals surface area contributed by atoms with Crippen LogP contribution in [0.3, 0.4) is 0 Å². The fraction of sp³-hybridized carbons (Fsp3) is 0.167. The van der Waals surface area contributed by atoms with Gasteiger partial charge in [0.25, 0.3) is 5.91 Å². The Labute approximate surface area is 181 Å². The van der Waals surface area contributed by atoms with Crippen LogP contribution in [0.5, 0.6) is 11.5 Å². The molecule has 2 aromatic carbocycles. The van der Waals surface area contributed by atoms with Crippen molar-refractivity contribution in [2.24, 2.45) is 0 Å². The molecule has 0 aliphatic heterocycles. The first-order valence-electron chi connectivity index (χ1n) is 7.96. The van der Waals surface area contributed by atoms with Crippen molar-refractivity contribution < 1.29 is 32.3 Å². The molecule has 0 radical (unpaired) electrons. The molecule has 0 fully saturated rings. The molecule has 0 aliphatic rings. The van der Waals surface area contributed by atoms with Crippen molar-refractivity contribution in [3.63, 3.8) is 0 Å². The zero-order valence-electron chi connectivity index (χ0n) is 15.4. The Morgan fingerprint density at radius 2 is 1.69 bits per heavy atom. The van der Waals surface area contributed by atoms with Crippen LogP contribution in [0.2, 0.25) is 0 Å². The van der Waals surface area contributed by atoms with Gasteiger partial charge in [0.1, 0.15) is 15.3 Å². The number of aldehydes is 2. The lowest BCUT2D eigenvalue weighted by molar-refractivity contribution is 0.102. The molecule has 2 rings (SSSR count). The third-order valence-corrected chi connectivity index (χ3v) is 7.01. The van der Waals surface area contributed by atoms with Crippen LogP contribution in [-0.4, -0.2) is 44.9 Å². The van der Waals surface area contributed by atoms with Crippen LogP contribution < -0.4 is 19.5 Å². The molecule has 0 aliphatic carbocycles. The molecule has 0 saturated heterocycles. The number of ether oxygens (including phenoxy) is 2. The monoisotopic (exact) mass is 532 g/mol. The van der Waals surface area contributed by atoms with E-state index >= 15 is 0 Å². The number of amides is 1. The minimum atomic E-state index is -3.60. The molecule has 1 amide bonds. The summed E-state index contributed by atoms with van der Waals surface area (Å²) in [5.74, 6) is -0.236. The number of methoxy groups -OCH3 is 2. The third-order valence-electron chi connectivity index (χ3n) is 3.73. The summed E-state index contributed by atoms with van der Waals surface area (Å²) in [5.41, 5.74) is 0.627. The third kappa shape index (κ3) is 5.44. The number of sulfonamides is 1. The Morgan fingerprint density at radius 3 is 2.17 bits per heavy atom. The van der Waals surface area contributed by atoms with Crippen molar-refractivity contribution in [1.82, 2.24) is 0 Å². The maximum atomic E-state index is 12.6. The van der Waals surface area contributed by atoms with Crippen molar-refractivity contribution in [1.29, 1.82) is 0 Å². The molecule has 2 aromatic rings. The largest absolute Gasteiger partial charge is 0.495 e. The van der Waals surface area contributed by atoms with E-state index in [1.165, 1.54) is 44.6 Å². The van der Waals surface area contributed by atoms with Gasteiger partial charge < -0.3 is 14.8 Å². The normalized spacial score (nSPS) is 10.7. The zero-order valence-corrected chi connectivity index (χ0v) is 18.4. The van der Waals surface area contributed by atoms with E-state index in [9.17, 15) is 22.8 Å². The topological polar surface area (TPSA) is 128 Å². The smallest absolute Gasteiger partial charge is 0.255 e. The molecule has 0 heterocycles.